The lowest BCUT2D eigenvalue weighted by molar-refractivity contribution is 0.584. The molecule has 0 fully saturated rings. The van der Waals surface area contributed by atoms with Crippen molar-refractivity contribution < 1.29 is 8.42 Å². The summed E-state index contributed by atoms with van der Waals surface area (Å²) in [5, 5.41) is 8.48. The van der Waals surface area contributed by atoms with E-state index in [0.717, 1.165) is 22.5 Å². The summed E-state index contributed by atoms with van der Waals surface area (Å²) in [7, 11) is -3.68. The van der Waals surface area contributed by atoms with Crippen LogP contribution in [-0.2, 0) is 16.6 Å². The quantitative estimate of drug-likeness (QED) is 0.525. The Morgan fingerprint density at radius 3 is 2.37 bits per heavy atom. The Bertz CT molecular complexity index is 1050. The number of rotatable bonds is 6. The number of benzene rings is 2. The molecule has 0 unspecified atom stereocenters. The number of hydrogen-bond acceptors (Lipinski definition) is 4. The van der Waals surface area contributed by atoms with Crippen molar-refractivity contribution in [1.29, 1.82) is 0 Å². The van der Waals surface area contributed by atoms with Gasteiger partial charge in [0.05, 0.1) is 23.3 Å². The van der Waals surface area contributed by atoms with Crippen molar-refractivity contribution in [2.75, 3.05) is 0 Å². The zero-order valence-corrected chi connectivity index (χ0v) is 16.4. The molecule has 0 radical (unpaired) electrons. The Morgan fingerprint density at radius 1 is 1.04 bits per heavy atom. The molecule has 0 aliphatic carbocycles. The summed E-state index contributed by atoms with van der Waals surface area (Å²) in [5.41, 5.74) is 4.89. The molecule has 0 spiro atoms. The van der Waals surface area contributed by atoms with Gasteiger partial charge in [0.2, 0.25) is 0 Å². The molecule has 7 heteroatoms. The molecule has 3 aromatic rings. The lowest BCUT2D eigenvalue weighted by Crippen LogP contribution is -2.18. The van der Waals surface area contributed by atoms with Crippen molar-refractivity contribution in [3.63, 3.8) is 0 Å². The second-order valence-corrected chi connectivity index (χ2v) is 8.05. The standard InChI is InChI=1S/C20H22N4O2S/c1-15-9-11-18(12-10-15)14-24-17(3)20(16(2)22-24)13-21-23-27(25,26)19-7-5-4-6-8-19/h4-13,23H,14H2,1-3H3/b21-13-. The van der Waals surface area contributed by atoms with Gasteiger partial charge in [0.15, 0.2) is 0 Å². The highest BCUT2D eigenvalue weighted by atomic mass is 32.2. The Labute approximate surface area is 159 Å². The summed E-state index contributed by atoms with van der Waals surface area (Å²) < 4.78 is 26.3. The lowest BCUT2D eigenvalue weighted by Gasteiger charge is -2.05. The van der Waals surface area contributed by atoms with Crippen molar-refractivity contribution in [2.45, 2.75) is 32.2 Å². The maximum Gasteiger partial charge on any atom is 0.276 e. The van der Waals surface area contributed by atoms with Crippen LogP contribution >= 0.6 is 0 Å². The van der Waals surface area contributed by atoms with Gasteiger partial charge in [0.25, 0.3) is 10.0 Å². The lowest BCUT2D eigenvalue weighted by atomic mass is 10.1. The van der Waals surface area contributed by atoms with Crippen LogP contribution in [-0.4, -0.2) is 24.4 Å². The molecule has 1 aromatic heterocycles. The molecule has 1 heterocycles. The monoisotopic (exact) mass is 382 g/mol. The molecule has 1 N–H and O–H groups in total. The fourth-order valence-electron chi connectivity index (χ4n) is 2.73. The van der Waals surface area contributed by atoms with Crippen LogP contribution in [0.25, 0.3) is 0 Å². The molecule has 6 nitrogen and oxygen atoms in total. The van der Waals surface area contributed by atoms with E-state index in [-0.39, 0.29) is 4.90 Å². The highest BCUT2D eigenvalue weighted by molar-refractivity contribution is 7.89. The van der Waals surface area contributed by atoms with E-state index < -0.39 is 10.0 Å². The minimum absolute atomic E-state index is 0.172. The van der Waals surface area contributed by atoms with E-state index in [4.69, 9.17) is 0 Å². The smallest absolute Gasteiger partial charge is 0.265 e. The summed E-state index contributed by atoms with van der Waals surface area (Å²) in [6.45, 7) is 6.53. The molecule has 0 atom stereocenters. The number of hydrogen-bond donors (Lipinski definition) is 1. The SMILES string of the molecule is Cc1ccc(Cn2nc(C)c(/C=N\NS(=O)(=O)c3ccccc3)c2C)cc1. The fraction of sp³-hybridized carbons (Fsp3) is 0.200. The van der Waals surface area contributed by atoms with E-state index in [0.29, 0.717) is 6.54 Å². The van der Waals surface area contributed by atoms with Gasteiger partial charge in [-0.25, -0.2) is 4.83 Å². The van der Waals surface area contributed by atoms with Gasteiger partial charge in [0, 0.05) is 11.3 Å². The van der Waals surface area contributed by atoms with E-state index in [9.17, 15) is 8.42 Å². The van der Waals surface area contributed by atoms with Crippen LogP contribution in [0.2, 0.25) is 0 Å². The first-order chi connectivity index (χ1) is 12.9. The van der Waals surface area contributed by atoms with Crippen LogP contribution in [0.4, 0.5) is 0 Å². The molecule has 3 rings (SSSR count). The van der Waals surface area contributed by atoms with Gasteiger partial charge in [-0.05, 0) is 38.5 Å². The number of nitrogens with one attached hydrogen (secondary N) is 1. The number of hydrazone groups is 1. The first kappa shape index (κ1) is 18.8. The largest absolute Gasteiger partial charge is 0.276 e. The molecule has 0 saturated carbocycles. The van der Waals surface area contributed by atoms with Crippen molar-refractivity contribution in [3.05, 3.63) is 82.7 Å². The van der Waals surface area contributed by atoms with E-state index >= 15 is 0 Å². The van der Waals surface area contributed by atoms with Crippen LogP contribution in [0, 0.1) is 20.8 Å². The zero-order chi connectivity index (χ0) is 19.4. The molecule has 0 aliphatic heterocycles. The minimum Gasteiger partial charge on any atom is -0.265 e. The predicted octanol–water partition coefficient (Wildman–Crippen LogP) is 3.17. The van der Waals surface area contributed by atoms with Gasteiger partial charge in [-0.1, -0.05) is 48.0 Å². The molecular weight excluding hydrogens is 360 g/mol. The van der Waals surface area contributed by atoms with Gasteiger partial charge in [-0.15, -0.1) is 0 Å². The Morgan fingerprint density at radius 2 is 1.70 bits per heavy atom. The second kappa shape index (κ2) is 7.75. The average molecular weight is 382 g/mol. The van der Waals surface area contributed by atoms with E-state index in [1.807, 2.05) is 18.5 Å². The van der Waals surface area contributed by atoms with Crippen LogP contribution in [0.1, 0.15) is 28.1 Å². The summed E-state index contributed by atoms with van der Waals surface area (Å²) in [5.74, 6) is 0. The highest BCUT2D eigenvalue weighted by Gasteiger charge is 2.13. The Hall–Kier alpha value is -2.93. The number of sulfonamides is 1. The Balaban J connectivity index is 1.76. The zero-order valence-electron chi connectivity index (χ0n) is 15.5. The van der Waals surface area contributed by atoms with Crippen molar-refractivity contribution >= 4 is 16.2 Å². The highest BCUT2D eigenvalue weighted by Crippen LogP contribution is 2.14. The topological polar surface area (TPSA) is 76.3 Å². The maximum absolute atomic E-state index is 12.2. The van der Waals surface area contributed by atoms with Crippen LogP contribution in [0.3, 0.4) is 0 Å². The molecule has 0 aliphatic rings. The summed E-state index contributed by atoms with van der Waals surface area (Å²) >= 11 is 0. The maximum atomic E-state index is 12.2. The molecule has 140 valence electrons. The molecule has 27 heavy (non-hydrogen) atoms. The first-order valence-electron chi connectivity index (χ1n) is 8.56. The van der Waals surface area contributed by atoms with Crippen LogP contribution in [0.15, 0.2) is 64.6 Å². The first-order valence-corrected chi connectivity index (χ1v) is 10.0. The van der Waals surface area contributed by atoms with Crippen molar-refractivity contribution in [2.24, 2.45) is 5.10 Å². The number of aromatic nitrogens is 2. The minimum atomic E-state index is -3.68. The molecule has 2 aromatic carbocycles. The third kappa shape index (κ3) is 4.43. The summed E-state index contributed by atoms with van der Waals surface area (Å²) in [6.07, 6.45) is 1.50. The third-order valence-electron chi connectivity index (χ3n) is 4.31. The predicted molar refractivity (Wildman–Crippen MR) is 106 cm³/mol. The molecular formula is C20H22N4O2S. The van der Waals surface area contributed by atoms with Crippen molar-refractivity contribution in [3.8, 4) is 0 Å². The van der Waals surface area contributed by atoms with E-state index in [2.05, 4.69) is 46.2 Å². The fourth-order valence-corrected chi connectivity index (χ4v) is 3.54. The molecule has 0 saturated heterocycles. The van der Waals surface area contributed by atoms with Crippen LogP contribution < -0.4 is 4.83 Å². The summed E-state index contributed by atoms with van der Waals surface area (Å²) in [6, 6.07) is 16.4. The normalized spacial score (nSPS) is 11.8. The number of nitrogens with zero attached hydrogens (tertiary/aromatic N) is 3. The average Bonchev–Trinajstić information content (AvgIpc) is 2.91. The van der Waals surface area contributed by atoms with Gasteiger partial charge < -0.3 is 0 Å². The Kier molecular flexibility index (Phi) is 5.41. The van der Waals surface area contributed by atoms with Gasteiger partial charge in [-0.2, -0.15) is 18.6 Å². The molecule has 0 bridgehead atoms. The second-order valence-electron chi connectivity index (χ2n) is 6.39. The van der Waals surface area contributed by atoms with Crippen molar-refractivity contribution in [1.82, 2.24) is 14.6 Å². The third-order valence-corrected chi connectivity index (χ3v) is 5.55. The number of aryl methyl sites for hydroxylation is 2. The van der Waals surface area contributed by atoms with Gasteiger partial charge in [-0.3, -0.25) is 4.68 Å². The molecule has 0 amide bonds. The van der Waals surface area contributed by atoms with Crippen LogP contribution in [0.5, 0.6) is 0 Å². The van der Waals surface area contributed by atoms with E-state index in [1.165, 1.54) is 23.9 Å². The summed E-state index contributed by atoms with van der Waals surface area (Å²) in [4.78, 5) is 2.42. The van der Waals surface area contributed by atoms with E-state index in [1.54, 1.807) is 18.2 Å². The van der Waals surface area contributed by atoms with Gasteiger partial charge in [0.1, 0.15) is 0 Å². The van der Waals surface area contributed by atoms with Gasteiger partial charge >= 0.3 is 0 Å².